The van der Waals surface area contributed by atoms with E-state index in [4.69, 9.17) is 24.3 Å². The lowest BCUT2D eigenvalue weighted by molar-refractivity contribution is -0.153. The van der Waals surface area contributed by atoms with E-state index in [1.165, 1.54) is 148 Å². The summed E-state index contributed by atoms with van der Waals surface area (Å²) in [6.45, 7) is 4.24. The Hall–Kier alpha value is -1.18. The second-order valence-corrected chi connectivity index (χ2v) is 15.4. The van der Waals surface area contributed by atoms with Crippen LogP contribution in [0.5, 0.6) is 0 Å². The van der Waals surface area contributed by atoms with Crippen LogP contribution in [0.4, 0.5) is 0 Å². The van der Waals surface area contributed by atoms with E-state index in [0.29, 0.717) is 6.42 Å². The molecule has 0 bridgehead atoms. The second-order valence-electron chi connectivity index (χ2n) is 13.9. The van der Waals surface area contributed by atoms with Gasteiger partial charge in [0, 0.05) is 13.0 Å². The maximum Gasteiger partial charge on any atom is 0.472 e. The number of hydrogen-bond acceptors (Lipinski definition) is 7. The van der Waals surface area contributed by atoms with E-state index in [2.05, 4.69) is 26.0 Å². The van der Waals surface area contributed by atoms with Crippen LogP contribution < -0.4 is 5.73 Å². The monoisotopic (exact) mass is 730 g/mol. The van der Waals surface area contributed by atoms with Crippen LogP contribution in [-0.2, 0) is 27.9 Å². The van der Waals surface area contributed by atoms with Gasteiger partial charge in [-0.05, 0) is 51.0 Å². The number of unbranched alkanes of at least 4 members (excludes halogenated alkanes) is 25. The fourth-order valence-corrected chi connectivity index (χ4v) is 6.60. The van der Waals surface area contributed by atoms with Crippen molar-refractivity contribution in [2.24, 2.45) is 5.73 Å². The molecule has 0 saturated carbocycles. The largest absolute Gasteiger partial charge is 0.498 e. The van der Waals surface area contributed by atoms with Gasteiger partial charge in [0.1, 0.15) is 6.61 Å². The normalized spacial score (nSPS) is 13.7. The van der Waals surface area contributed by atoms with E-state index in [1.54, 1.807) is 6.26 Å². The van der Waals surface area contributed by atoms with Gasteiger partial charge in [0.15, 0.2) is 6.10 Å². The lowest BCUT2D eigenvalue weighted by Gasteiger charge is -2.19. The van der Waals surface area contributed by atoms with Gasteiger partial charge in [-0.25, -0.2) is 4.57 Å². The fourth-order valence-electron chi connectivity index (χ4n) is 5.84. The molecule has 2 atom stereocenters. The zero-order valence-electron chi connectivity index (χ0n) is 32.6. The number of allylic oxidation sites excluding steroid dienone is 3. The van der Waals surface area contributed by atoms with Crippen LogP contribution in [-0.4, -0.2) is 43.3 Å². The first-order chi connectivity index (χ1) is 24.4. The standard InChI is InChI=1S/C41H80NO7P/c1-3-5-7-9-11-13-15-17-19-21-23-25-27-29-31-33-36-46-38-40(39-48-50(44,45)47-37-35-42)49-41(43)34-32-30-28-26-24-22-20-18-16-14-12-10-8-6-4-2/h13,15,33,36,40H,3-12,14,16-32,34-35,37-39,42H2,1-2H3,(H,44,45)/b15-13-,36-33-/t40-/m1/s1. The molecule has 296 valence electrons. The van der Waals surface area contributed by atoms with Crippen molar-refractivity contribution in [1.82, 2.24) is 0 Å². The summed E-state index contributed by atoms with van der Waals surface area (Å²) in [6, 6.07) is 0. The summed E-state index contributed by atoms with van der Waals surface area (Å²) in [7, 11) is -4.29. The van der Waals surface area contributed by atoms with Gasteiger partial charge in [0.2, 0.25) is 0 Å². The highest BCUT2D eigenvalue weighted by Crippen LogP contribution is 2.43. The van der Waals surface area contributed by atoms with E-state index in [9.17, 15) is 14.3 Å². The summed E-state index contributed by atoms with van der Waals surface area (Å²) in [5, 5.41) is 0. The zero-order valence-corrected chi connectivity index (χ0v) is 33.5. The Balaban J connectivity index is 4.09. The summed E-state index contributed by atoms with van der Waals surface area (Å²) >= 11 is 0. The van der Waals surface area contributed by atoms with Gasteiger partial charge < -0.3 is 20.1 Å². The molecule has 0 aliphatic rings. The maximum atomic E-state index is 12.5. The molecule has 50 heavy (non-hydrogen) atoms. The number of carbonyl (C=O) groups is 1. The number of hydrogen-bond donors (Lipinski definition) is 2. The van der Waals surface area contributed by atoms with E-state index >= 15 is 0 Å². The first kappa shape index (κ1) is 48.8. The quantitative estimate of drug-likeness (QED) is 0.0210. The Morgan fingerprint density at radius 1 is 0.600 bits per heavy atom. The summed E-state index contributed by atoms with van der Waals surface area (Å²) in [5.41, 5.74) is 5.36. The number of phosphoric ester groups is 1. The predicted molar refractivity (Wildman–Crippen MR) is 210 cm³/mol. The van der Waals surface area contributed by atoms with Crippen LogP contribution in [0.15, 0.2) is 24.5 Å². The van der Waals surface area contributed by atoms with E-state index in [-0.39, 0.29) is 32.3 Å². The van der Waals surface area contributed by atoms with Crippen molar-refractivity contribution in [1.29, 1.82) is 0 Å². The Morgan fingerprint density at radius 3 is 1.50 bits per heavy atom. The molecule has 8 nitrogen and oxygen atoms in total. The van der Waals surface area contributed by atoms with Crippen molar-refractivity contribution in [3.8, 4) is 0 Å². The molecule has 1 unspecified atom stereocenters. The number of nitrogens with two attached hydrogens (primary N) is 1. The van der Waals surface area contributed by atoms with Crippen LogP contribution in [0.1, 0.15) is 200 Å². The van der Waals surface area contributed by atoms with Crippen LogP contribution >= 0.6 is 7.82 Å². The highest BCUT2D eigenvalue weighted by Gasteiger charge is 2.25. The molecule has 0 aromatic rings. The molecule has 0 aliphatic carbocycles. The van der Waals surface area contributed by atoms with Gasteiger partial charge in [-0.3, -0.25) is 13.8 Å². The van der Waals surface area contributed by atoms with Gasteiger partial charge in [-0.15, -0.1) is 0 Å². The Morgan fingerprint density at radius 2 is 1.02 bits per heavy atom. The smallest absolute Gasteiger partial charge is 0.472 e. The molecule has 0 aromatic heterocycles. The van der Waals surface area contributed by atoms with Crippen molar-refractivity contribution in [3.63, 3.8) is 0 Å². The highest BCUT2D eigenvalue weighted by atomic mass is 31.2. The third-order valence-electron chi connectivity index (χ3n) is 8.94. The van der Waals surface area contributed by atoms with Crippen LogP contribution in [0.3, 0.4) is 0 Å². The van der Waals surface area contributed by atoms with Crippen molar-refractivity contribution >= 4 is 13.8 Å². The SMILES string of the molecule is CCCCCC/C=C\CCCCCCCC/C=C\OC[C@H](COP(=O)(O)OCCN)OC(=O)CCCCCCCCCCCCCCCCC. The molecule has 0 fully saturated rings. The molecule has 0 radical (unpaired) electrons. The third kappa shape index (κ3) is 38.1. The summed E-state index contributed by atoms with van der Waals surface area (Å²) in [4.78, 5) is 22.4. The minimum atomic E-state index is -4.29. The molecular weight excluding hydrogens is 649 g/mol. The van der Waals surface area contributed by atoms with Gasteiger partial charge >= 0.3 is 13.8 Å². The molecule has 0 aromatic carbocycles. The van der Waals surface area contributed by atoms with Crippen LogP contribution in [0.2, 0.25) is 0 Å². The molecule has 0 aliphatic heterocycles. The van der Waals surface area contributed by atoms with Crippen LogP contribution in [0.25, 0.3) is 0 Å². The predicted octanol–water partition coefficient (Wildman–Crippen LogP) is 12.4. The van der Waals surface area contributed by atoms with Gasteiger partial charge in [0.25, 0.3) is 0 Å². The Kier molecular flexibility index (Phi) is 38.1. The molecule has 0 spiro atoms. The third-order valence-corrected chi connectivity index (χ3v) is 9.92. The Bertz CT molecular complexity index is 823. The molecule has 0 saturated heterocycles. The van der Waals surface area contributed by atoms with Crippen molar-refractivity contribution < 1.29 is 32.8 Å². The molecule has 0 rings (SSSR count). The molecule has 0 amide bonds. The summed E-state index contributed by atoms with van der Waals surface area (Å²) in [6.07, 6.45) is 42.8. The van der Waals surface area contributed by atoms with Gasteiger partial charge in [-0.2, -0.15) is 0 Å². The fraction of sp³-hybridized carbons (Fsp3) is 0.878. The lowest BCUT2D eigenvalue weighted by Crippen LogP contribution is -2.27. The van der Waals surface area contributed by atoms with Crippen molar-refractivity contribution in [2.45, 2.75) is 206 Å². The number of esters is 1. The van der Waals surface area contributed by atoms with Gasteiger partial charge in [-0.1, -0.05) is 161 Å². The number of carbonyl (C=O) groups excluding carboxylic acids is 1. The number of ether oxygens (including phenoxy) is 2. The minimum Gasteiger partial charge on any atom is -0.498 e. The zero-order chi connectivity index (χ0) is 36.6. The summed E-state index contributed by atoms with van der Waals surface area (Å²) < 4.78 is 33.1. The summed E-state index contributed by atoms with van der Waals surface area (Å²) in [5.74, 6) is -0.352. The molecule has 3 N–H and O–H groups in total. The Labute approximate surface area is 308 Å². The van der Waals surface area contributed by atoms with Crippen LogP contribution in [0, 0.1) is 0 Å². The topological polar surface area (TPSA) is 117 Å². The average Bonchev–Trinajstić information content (AvgIpc) is 3.10. The molecule has 9 heteroatoms. The van der Waals surface area contributed by atoms with Crippen molar-refractivity contribution in [2.75, 3.05) is 26.4 Å². The average molecular weight is 730 g/mol. The number of rotatable bonds is 40. The lowest BCUT2D eigenvalue weighted by atomic mass is 10.0. The first-order valence-corrected chi connectivity index (χ1v) is 22.4. The highest BCUT2D eigenvalue weighted by molar-refractivity contribution is 7.47. The van der Waals surface area contributed by atoms with Crippen molar-refractivity contribution in [3.05, 3.63) is 24.5 Å². The first-order valence-electron chi connectivity index (χ1n) is 20.9. The number of phosphoric acid groups is 1. The van der Waals surface area contributed by atoms with Gasteiger partial charge in [0.05, 0.1) is 19.5 Å². The molecule has 0 heterocycles. The van der Waals surface area contributed by atoms with E-state index < -0.39 is 13.9 Å². The maximum absolute atomic E-state index is 12.5. The minimum absolute atomic E-state index is 0.0329. The second kappa shape index (κ2) is 39.0. The van der Waals surface area contributed by atoms with E-state index in [0.717, 1.165) is 32.1 Å². The molecular formula is C41H80NO7P. The van der Waals surface area contributed by atoms with E-state index in [1.807, 2.05) is 6.08 Å².